The Morgan fingerprint density at radius 3 is 2.29 bits per heavy atom. The van der Waals surface area contributed by atoms with Gasteiger partial charge in [-0.1, -0.05) is 30.3 Å². The second-order valence-corrected chi connectivity index (χ2v) is 8.05. The van der Waals surface area contributed by atoms with Gasteiger partial charge in [0.2, 0.25) is 0 Å². The number of carbonyl (C=O) groups excluding carboxylic acids is 2. The van der Waals surface area contributed by atoms with Crippen LogP contribution in [-0.4, -0.2) is 49.1 Å². The first-order chi connectivity index (χ1) is 17.0. The molecule has 3 aromatic carbocycles. The predicted octanol–water partition coefficient (Wildman–Crippen LogP) is 4.95. The van der Waals surface area contributed by atoms with E-state index in [0.717, 1.165) is 0 Å². The van der Waals surface area contributed by atoms with Crippen molar-refractivity contribution in [1.29, 1.82) is 0 Å². The summed E-state index contributed by atoms with van der Waals surface area (Å²) < 4.78 is 16.3. The zero-order chi connectivity index (χ0) is 24.8. The maximum Gasteiger partial charge on any atom is 0.295 e. The monoisotopic (exact) mass is 473 g/mol. The molecule has 0 radical (unpaired) electrons. The summed E-state index contributed by atoms with van der Waals surface area (Å²) in [6.45, 7) is 0.734. The summed E-state index contributed by atoms with van der Waals surface area (Å²) in [5, 5.41) is 11.2. The summed E-state index contributed by atoms with van der Waals surface area (Å²) in [7, 11) is 3.13. The van der Waals surface area contributed by atoms with Crippen LogP contribution < -0.4 is 9.47 Å². The number of rotatable bonds is 9. The van der Waals surface area contributed by atoms with E-state index >= 15 is 0 Å². The number of benzene rings is 3. The summed E-state index contributed by atoms with van der Waals surface area (Å²) in [6, 6.07) is 22.4. The Hall–Kier alpha value is -4.10. The van der Waals surface area contributed by atoms with E-state index in [1.807, 2.05) is 36.4 Å². The molecule has 1 N–H and O–H groups in total. The van der Waals surface area contributed by atoms with E-state index in [-0.39, 0.29) is 11.3 Å². The Labute approximate surface area is 204 Å². The van der Waals surface area contributed by atoms with E-state index in [2.05, 4.69) is 0 Å². The molecule has 1 aliphatic rings. The number of para-hydroxylation sites is 1. The third-order valence-corrected chi connectivity index (χ3v) is 5.80. The molecular formula is C28H27NO6. The number of hydrogen-bond acceptors (Lipinski definition) is 6. The zero-order valence-electron chi connectivity index (χ0n) is 19.6. The fourth-order valence-electron chi connectivity index (χ4n) is 4.11. The SMILES string of the molecule is COCCCN1C(=O)C(=O)/C(=C(/O)c2ccc(OC)cc2)[C@@H]1c1cccc(Oc2ccccc2)c1. The van der Waals surface area contributed by atoms with Crippen LogP contribution in [0, 0.1) is 0 Å². The number of amides is 1. The van der Waals surface area contributed by atoms with Gasteiger partial charge in [-0.05, 0) is 60.5 Å². The van der Waals surface area contributed by atoms with Crippen LogP contribution >= 0.6 is 0 Å². The highest BCUT2D eigenvalue weighted by molar-refractivity contribution is 6.46. The van der Waals surface area contributed by atoms with Crippen LogP contribution in [0.4, 0.5) is 0 Å². The fraction of sp³-hybridized carbons (Fsp3) is 0.214. The molecule has 1 atom stereocenters. The molecule has 1 fully saturated rings. The number of aliphatic hydroxyl groups is 1. The van der Waals surface area contributed by atoms with Gasteiger partial charge in [0.05, 0.1) is 18.7 Å². The van der Waals surface area contributed by atoms with Gasteiger partial charge in [0.25, 0.3) is 11.7 Å². The lowest BCUT2D eigenvalue weighted by molar-refractivity contribution is -0.140. The molecule has 7 heteroatoms. The average Bonchev–Trinajstić information content (AvgIpc) is 3.14. The Balaban J connectivity index is 1.77. The van der Waals surface area contributed by atoms with Crippen LogP contribution in [0.3, 0.4) is 0 Å². The fourth-order valence-corrected chi connectivity index (χ4v) is 4.11. The minimum absolute atomic E-state index is 0.0365. The number of ether oxygens (including phenoxy) is 3. The summed E-state index contributed by atoms with van der Waals surface area (Å²) >= 11 is 0. The zero-order valence-corrected chi connectivity index (χ0v) is 19.6. The van der Waals surface area contributed by atoms with Crippen molar-refractivity contribution >= 4 is 17.4 Å². The Bertz CT molecular complexity index is 1220. The van der Waals surface area contributed by atoms with Crippen LogP contribution in [0.25, 0.3) is 5.76 Å². The molecule has 0 aliphatic carbocycles. The normalized spacial score (nSPS) is 17.0. The van der Waals surface area contributed by atoms with Crippen molar-refractivity contribution in [2.75, 3.05) is 27.4 Å². The smallest absolute Gasteiger partial charge is 0.295 e. The van der Waals surface area contributed by atoms with Gasteiger partial charge in [-0.25, -0.2) is 0 Å². The molecule has 1 heterocycles. The molecule has 1 aliphatic heterocycles. The second-order valence-electron chi connectivity index (χ2n) is 8.05. The van der Waals surface area contributed by atoms with Crippen molar-refractivity contribution in [2.45, 2.75) is 12.5 Å². The molecule has 1 amide bonds. The standard InChI is InChI=1S/C28H27NO6/c1-33-17-7-16-29-25(20-8-6-11-23(18-20)35-22-9-4-3-5-10-22)24(27(31)28(29)32)26(30)19-12-14-21(34-2)15-13-19/h3-6,8-15,18,25,30H,7,16-17H2,1-2H3/b26-24+/t25-/m0/s1. The number of nitrogens with zero attached hydrogens (tertiary/aromatic N) is 1. The van der Waals surface area contributed by atoms with Crippen molar-refractivity contribution in [1.82, 2.24) is 4.90 Å². The average molecular weight is 474 g/mol. The van der Waals surface area contributed by atoms with Crippen LogP contribution in [0.5, 0.6) is 17.2 Å². The van der Waals surface area contributed by atoms with Crippen molar-refractivity contribution in [3.05, 3.63) is 95.6 Å². The number of hydrogen-bond donors (Lipinski definition) is 1. The predicted molar refractivity (Wildman–Crippen MR) is 131 cm³/mol. The molecule has 0 bridgehead atoms. The molecule has 35 heavy (non-hydrogen) atoms. The van der Waals surface area contributed by atoms with Gasteiger partial charge < -0.3 is 24.2 Å². The van der Waals surface area contributed by atoms with E-state index in [0.29, 0.717) is 47.9 Å². The van der Waals surface area contributed by atoms with E-state index in [1.54, 1.807) is 56.7 Å². The molecule has 3 aromatic rings. The molecule has 7 nitrogen and oxygen atoms in total. The van der Waals surface area contributed by atoms with Crippen molar-refractivity contribution in [3.8, 4) is 17.2 Å². The minimum atomic E-state index is -0.770. The van der Waals surface area contributed by atoms with Gasteiger partial charge in [-0.15, -0.1) is 0 Å². The lowest BCUT2D eigenvalue weighted by atomic mass is 9.95. The highest BCUT2D eigenvalue weighted by Gasteiger charge is 2.45. The lowest BCUT2D eigenvalue weighted by Crippen LogP contribution is -2.31. The molecule has 0 saturated carbocycles. The minimum Gasteiger partial charge on any atom is -0.507 e. The van der Waals surface area contributed by atoms with Crippen molar-refractivity contribution < 1.29 is 28.9 Å². The first-order valence-electron chi connectivity index (χ1n) is 11.3. The Kier molecular flexibility index (Phi) is 7.48. The van der Waals surface area contributed by atoms with E-state index < -0.39 is 17.7 Å². The van der Waals surface area contributed by atoms with Crippen molar-refractivity contribution in [3.63, 3.8) is 0 Å². The summed E-state index contributed by atoms with van der Waals surface area (Å²) in [6.07, 6.45) is 0.544. The van der Waals surface area contributed by atoms with Crippen LogP contribution in [0.1, 0.15) is 23.6 Å². The van der Waals surface area contributed by atoms with Gasteiger partial charge in [0, 0.05) is 25.8 Å². The Morgan fingerprint density at radius 2 is 1.60 bits per heavy atom. The third kappa shape index (κ3) is 5.20. The largest absolute Gasteiger partial charge is 0.507 e. The molecule has 0 spiro atoms. The molecular weight excluding hydrogens is 446 g/mol. The van der Waals surface area contributed by atoms with Gasteiger partial charge in [0.15, 0.2) is 0 Å². The van der Waals surface area contributed by atoms with Gasteiger partial charge in [-0.2, -0.15) is 0 Å². The quantitative estimate of drug-likeness (QED) is 0.205. The van der Waals surface area contributed by atoms with Gasteiger partial charge in [0.1, 0.15) is 23.0 Å². The third-order valence-electron chi connectivity index (χ3n) is 5.80. The molecule has 1 saturated heterocycles. The van der Waals surface area contributed by atoms with Crippen LogP contribution in [-0.2, 0) is 14.3 Å². The summed E-state index contributed by atoms with van der Waals surface area (Å²) in [4.78, 5) is 27.7. The van der Waals surface area contributed by atoms with Gasteiger partial charge in [-0.3, -0.25) is 9.59 Å². The van der Waals surface area contributed by atoms with E-state index in [4.69, 9.17) is 14.2 Å². The number of methoxy groups -OCH3 is 2. The number of aliphatic hydroxyl groups excluding tert-OH is 1. The summed E-state index contributed by atoms with van der Waals surface area (Å²) in [5.74, 6) is 0.215. The number of carbonyl (C=O) groups is 2. The van der Waals surface area contributed by atoms with E-state index in [1.165, 1.54) is 4.90 Å². The first kappa shape index (κ1) is 24.0. The van der Waals surface area contributed by atoms with E-state index in [9.17, 15) is 14.7 Å². The number of ketones is 1. The van der Waals surface area contributed by atoms with Crippen molar-refractivity contribution in [2.24, 2.45) is 0 Å². The number of likely N-dealkylation sites (tertiary alicyclic amines) is 1. The van der Waals surface area contributed by atoms with Gasteiger partial charge >= 0.3 is 0 Å². The lowest BCUT2D eigenvalue weighted by Gasteiger charge is -2.25. The second kappa shape index (κ2) is 10.9. The molecule has 180 valence electrons. The number of Topliss-reactive ketones (excluding diaryl/α,β-unsaturated/α-hetero) is 1. The maximum absolute atomic E-state index is 13.1. The van der Waals surface area contributed by atoms with Crippen LogP contribution in [0.2, 0.25) is 0 Å². The highest BCUT2D eigenvalue weighted by Crippen LogP contribution is 2.40. The highest BCUT2D eigenvalue weighted by atomic mass is 16.5. The Morgan fingerprint density at radius 1 is 0.886 bits per heavy atom. The first-order valence-corrected chi connectivity index (χ1v) is 11.3. The molecule has 0 aromatic heterocycles. The van der Waals surface area contributed by atoms with Crippen LogP contribution in [0.15, 0.2) is 84.4 Å². The molecule has 4 rings (SSSR count). The maximum atomic E-state index is 13.1. The summed E-state index contributed by atoms with van der Waals surface area (Å²) in [5.41, 5.74) is 1.11. The molecule has 0 unspecified atom stereocenters. The topological polar surface area (TPSA) is 85.3 Å².